The molecule has 0 atom stereocenters. The van der Waals surface area contributed by atoms with Gasteiger partial charge < -0.3 is 10.8 Å². The highest BCUT2D eigenvalue weighted by Crippen LogP contribution is 2.44. The van der Waals surface area contributed by atoms with E-state index < -0.39 is 0 Å². The van der Waals surface area contributed by atoms with Crippen molar-refractivity contribution in [3.05, 3.63) is 29.3 Å². The first-order valence-electron chi connectivity index (χ1n) is 6.62. The molecule has 0 bridgehead atoms. The van der Waals surface area contributed by atoms with Crippen LogP contribution < -0.4 is 5.73 Å². The summed E-state index contributed by atoms with van der Waals surface area (Å²) in [5.74, 6) is 0.910. The fourth-order valence-corrected chi connectivity index (χ4v) is 2.97. The minimum absolute atomic E-state index is 0.0228. The Labute approximate surface area is 104 Å². The quantitative estimate of drug-likeness (QED) is 0.841. The molecule has 0 aromatic heterocycles. The number of phenols is 1. The molecule has 0 heterocycles. The van der Waals surface area contributed by atoms with E-state index >= 15 is 0 Å². The Hall–Kier alpha value is -1.02. The van der Waals surface area contributed by atoms with Crippen LogP contribution in [0.15, 0.2) is 18.2 Å². The minimum Gasteiger partial charge on any atom is -0.508 e. The molecule has 1 aromatic carbocycles. The summed E-state index contributed by atoms with van der Waals surface area (Å²) in [6, 6.07) is 6.02. The van der Waals surface area contributed by atoms with Crippen molar-refractivity contribution in [1.29, 1.82) is 0 Å². The zero-order valence-corrected chi connectivity index (χ0v) is 10.9. The Morgan fingerprint density at radius 2 is 1.94 bits per heavy atom. The van der Waals surface area contributed by atoms with Crippen LogP contribution in [0, 0.1) is 0 Å². The summed E-state index contributed by atoms with van der Waals surface area (Å²) in [6.45, 7) is 5.00. The lowest BCUT2D eigenvalue weighted by Gasteiger charge is -2.29. The van der Waals surface area contributed by atoms with E-state index in [-0.39, 0.29) is 5.41 Å². The molecule has 3 N–H and O–H groups in total. The molecule has 0 aliphatic heterocycles. The van der Waals surface area contributed by atoms with E-state index in [1.165, 1.54) is 18.4 Å². The maximum absolute atomic E-state index is 10.1. The molecular weight excluding hydrogens is 210 g/mol. The topological polar surface area (TPSA) is 46.2 Å². The second-order valence-electron chi connectivity index (χ2n) is 5.62. The van der Waals surface area contributed by atoms with Gasteiger partial charge >= 0.3 is 0 Å². The lowest BCUT2D eigenvalue weighted by atomic mass is 9.77. The van der Waals surface area contributed by atoms with Crippen LogP contribution in [-0.4, -0.2) is 11.7 Å². The van der Waals surface area contributed by atoms with Gasteiger partial charge in [0.2, 0.25) is 0 Å². The van der Waals surface area contributed by atoms with Crippen LogP contribution in [0.25, 0.3) is 0 Å². The number of phenolic OH excluding ortho intramolecular Hbond substituents is 1. The van der Waals surface area contributed by atoms with Crippen molar-refractivity contribution >= 4 is 0 Å². The van der Waals surface area contributed by atoms with E-state index in [0.717, 1.165) is 18.4 Å². The lowest BCUT2D eigenvalue weighted by Crippen LogP contribution is -2.32. The molecule has 0 radical (unpaired) electrons. The maximum Gasteiger partial charge on any atom is 0.119 e. The van der Waals surface area contributed by atoms with Crippen LogP contribution in [0.2, 0.25) is 0 Å². The molecule has 0 amide bonds. The second-order valence-corrected chi connectivity index (χ2v) is 5.62. The minimum atomic E-state index is 0.0228. The first kappa shape index (κ1) is 12.4. The van der Waals surface area contributed by atoms with Gasteiger partial charge in [0.25, 0.3) is 0 Å². The zero-order chi connectivity index (χ0) is 12.5. The van der Waals surface area contributed by atoms with Gasteiger partial charge in [-0.05, 0) is 30.4 Å². The Morgan fingerprint density at radius 1 is 1.29 bits per heavy atom. The summed E-state index contributed by atoms with van der Waals surface area (Å²) in [6.07, 6.45) is 4.67. The third-order valence-corrected chi connectivity index (χ3v) is 4.21. The Kier molecular flexibility index (Phi) is 3.43. The van der Waals surface area contributed by atoms with E-state index in [0.29, 0.717) is 18.2 Å². The predicted molar refractivity (Wildman–Crippen MR) is 71.4 cm³/mol. The highest BCUT2D eigenvalue weighted by molar-refractivity contribution is 5.43. The van der Waals surface area contributed by atoms with Crippen LogP contribution in [0.1, 0.15) is 56.6 Å². The molecule has 0 spiro atoms. The van der Waals surface area contributed by atoms with Crippen LogP contribution in [0.3, 0.4) is 0 Å². The smallest absolute Gasteiger partial charge is 0.119 e. The van der Waals surface area contributed by atoms with E-state index in [1.807, 2.05) is 12.1 Å². The van der Waals surface area contributed by atoms with Crippen molar-refractivity contribution in [2.45, 2.75) is 50.9 Å². The molecule has 94 valence electrons. The van der Waals surface area contributed by atoms with Crippen molar-refractivity contribution < 1.29 is 5.11 Å². The SMILES string of the molecule is CC(C)c1ccc(O)c(C2(CN)CCCC2)c1. The van der Waals surface area contributed by atoms with Crippen LogP contribution >= 0.6 is 0 Å². The predicted octanol–water partition coefficient (Wildman–Crippen LogP) is 3.29. The van der Waals surface area contributed by atoms with Gasteiger partial charge in [-0.2, -0.15) is 0 Å². The molecule has 2 nitrogen and oxygen atoms in total. The van der Waals surface area contributed by atoms with E-state index in [1.54, 1.807) is 0 Å². The average Bonchev–Trinajstić information content (AvgIpc) is 2.79. The number of hydrogen-bond acceptors (Lipinski definition) is 2. The van der Waals surface area contributed by atoms with Gasteiger partial charge in [0.05, 0.1) is 0 Å². The normalized spacial score (nSPS) is 18.8. The fraction of sp³-hybridized carbons (Fsp3) is 0.600. The van der Waals surface area contributed by atoms with Crippen LogP contribution in [-0.2, 0) is 5.41 Å². The van der Waals surface area contributed by atoms with Crippen molar-refractivity contribution in [2.24, 2.45) is 5.73 Å². The van der Waals surface area contributed by atoms with Gasteiger partial charge in [-0.3, -0.25) is 0 Å². The third-order valence-electron chi connectivity index (χ3n) is 4.21. The number of nitrogens with two attached hydrogens (primary N) is 1. The van der Waals surface area contributed by atoms with Gasteiger partial charge in [-0.15, -0.1) is 0 Å². The molecule has 2 heteroatoms. The summed E-state index contributed by atoms with van der Waals surface area (Å²) in [5, 5.41) is 10.1. The molecule has 1 aromatic rings. The third kappa shape index (κ3) is 2.19. The van der Waals surface area contributed by atoms with Gasteiger partial charge in [-0.1, -0.05) is 38.8 Å². The highest BCUT2D eigenvalue weighted by atomic mass is 16.3. The second kappa shape index (κ2) is 4.69. The highest BCUT2D eigenvalue weighted by Gasteiger charge is 2.36. The Bertz CT molecular complexity index is 392. The number of rotatable bonds is 3. The van der Waals surface area contributed by atoms with Crippen molar-refractivity contribution in [1.82, 2.24) is 0 Å². The molecule has 2 rings (SSSR count). The van der Waals surface area contributed by atoms with Crippen molar-refractivity contribution in [3.63, 3.8) is 0 Å². The molecule has 17 heavy (non-hydrogen) atoms. The monoisotopic (exact) mass is 233 g/mol. The lowest BCUT2D eigenvalue weighted by molar-refractivity contribution is 0.405. The zero-order valence-electron chi connectivity index (χ0n) is 10.9. The molecule has 1 saturated carbocycles. The maximum atomic E-state index is 10.1. The van der Waals surface area contributed by atoms with Gasteiger partial charge in [0.1, 0.15) is 5.75 Å². The Balaban J connectivity index is 2.45. The summed E-state index contributed by atoms with van der Waals surface area (Å²) in [4.78, 5) is 0. The average molecular weight is 233 g/mol. The summed E-state index contributed by atoms with van der Waals surface area (Å²) in [7, 11) is 0. The first-order valence-corrected chi connectivity index (χ1v) is 6.62. The standard InChI is InChI=1S/C15H23NO/c1-11(2)12-5-6-14(17)13(9-12)15(10-16)7-3-4-8-15/h5-6,9,11,17H,3-4,7-8,10,16H2,1-2H3. The number of hydrogen-bond donors (Lipinski definition) is 2. The number of benzene rings is 1. The van der Waals surface area contributed by atoms with E-state index in [4.69, 9.17) is 5.73 Å². The molecule has 1 aliphatic rings. The number of aromatic hydroxyl groups is 1. The molecule has 0 saturated heterocycles. The van der Waals surface area contributed by atoms with E-state index in [2.05, 4.69) is 19.9 Å². The molecule has 0 unspecified atom stereocenters. The first-order chi connectivity index (χ1) is 8.09. The van der Waals surface area contributed by atoms with E-state index in [9.17, 15) is 5.11 Å². The van der Waals surface area contributed by atoms with Gasteiger partial charge in [0, 0.05) is 17.5 Å². The van der Waals surface area contributed by atoms with Gasteiger partial charge in [0.15, 0.2) is 0 Å². The van der Waals surface area contributed by atoms with Crippen molar-refractivity contribution in [3.8, 4) is 5.75 Å². The molecule has 1 fully saturated rings. The largest absolute Gasteiger partial charge is 0.508 e. The van der Waals surface area contributed by atoms with Crippen molar-refractivity contribution in [2.75, 3.05) is 6.54 Å². The van der Waals surface area contributed by atoms with Gasteiger partial charge in [-0.25, -0.2) is 0 Å². The summed E-state index contributed by atoms with van der Waals surface area (Å²) in [5.41, 5.74) is 8.37. The summed E-state index contributed by atoms with van der Waals surface area (Å²) < 4.78 is 0. The van der Waals surface area contributed by atoms with Crippen LogP contribution in [0.4, 0.5) is 0 Å². The Morgan fingerprint density at radius 3 is 2.47 bits per heavy atom. The molecular formula is C15H23NO. The van der Waals surface area contributed by atoms with Crippen LogP contribution in [0.5, 0.6) is 5.75 Å². The molecule has 1 aliphatic carbocycles. The fourth-order valence-electron chi connectivity index (χ4n) is 2.97. The summed E-state index contributed by atoms with van der Waals surface area (Å²) >= 11 is 0.